The number of benzene rings is 1. The minimum Gasteiger partial charge on any atom is -0.392 e. The minimum atomic E-state index is 0.00366. The molecule has 2 nitrogen and oxygen atoms in total. The van der Waals surface area contributed by atoms with Crippen LogP contribution in [0.3, 0.4) is 0 Å². The first kappa shape index (κ1) is 11.2. The van der Waals surface area contributed by atoms with E-state index in [0.29, 0.717) is 0 Å². The Kier molecular flexibility index (Phi) is 3.29. The summed E-state index contributed by atoms with van der Waals surface area (Å²) >= 11 is 0. The van der Waals surface area contributed by atoms with Crippen molar-refractivity contribution in [1.82, 2.24) is 0 Å². The zero-order valence-electron chi connectivity index (χ0n) is 9.31. The lowest BCUT2D eigenvalue weighted by Gasteiger charge is -2.18. The molecule has 0 saturated carbocycles. The largest absolute Gasteiger partial charge is 0.392 e. The van der Waals surface area contributed by atoms with Crippen molar-refractivity contribution < 1.29 is 10.2 Å². The van der Waals surface area contributed by atoms with Crippen LogP contribution < -0.4 is 0 Å². The van der Waals surface area contributed by atoms with Crippen molar-refractivity contribution in [2.24, 2.45) is 0 Å². The monoisotopic (exact) mass is 194 g/mol. The first-order valence-electron chi connectivity index (χ1n) is 4.84. The van der Waals surface area contributed by atoms with Crippen LogP contribution >= 0.6 is 0 Å². The smallest absolute Gasteiger partial charge is 0.0688 e. The Morgan fingerprint density at radius 2 is 0.929 bits per heavy atom. The van der Waals surface area contributed by atoms with E-state index in [1.807, 2.05) is 13.8 Å². The van der Waals surface area contributed by atoms with Gasteiger partial charge in [-0.3, -0.25) is 0 Å². The van der Waals surface area contributed by atoms with Crippen molar-refractivity contribution in [3.8, 4) is 0 Å². The van der Waals surface area contributed by atoms with Gasteiger partial charge in [0.2, 0.25) is 0 Å². The van der Waals surface area contributed by atoms with Crippen LogP contribution in [0.5, 0.6) is 0 Å². The highest BCUT2D eigenvalue weighted by molar-refractivity contribution is 5.49. The van der Waals surface area contributed by atoms with Gasteiger partial charge in [0.25, 0.3) is 0 Å². The van der Waals surface area contributed by atoms with Gasteiger partial charge in [0.15, 0.2) is 0 Å². The number of aliphatic hydroxyl groups is 2. The molecular weight excluding hydrogens is 176 g/mol. The van der Waals surface area contributed by atoms with Crippen molar-refractivity contribution in [2.45, 2.75) is 40.9 Å². The van der Waals surface area contributed by atoms with E-state index in [-0.39, 0.29) is 13.2 Å². The molecule has 78 valence electrons. The standard InChI is InChI=1S/C12H18O2/c1-7-8(2)10(4)12(6-14)11(5-13)9(7)3/h13-14H,5-6H2,1-4H3. The lowest BCUT2D eigenvalue weighted by molar-refractivity contribution is 0.258. The Morgan fingerprint density at radius 3 is 1.14 bits per heavy atom. The molecule has 0 aliphatic carbocycles. The van der Waals surface area contributed by atoms with Crippen molar-refractivity contribution in [2.75, 3.05) is 0 Å². The quantitative estimate of drug-likeness (QED) is 0.755. The molecule has 0 fully saturated rings. The lowest BCUT2D eigenvalue weighted by atomic mass is 9.89. The van der Waals surface area contributed by atoms with Gasteiger partial charge in [0.1, 0.15) is 0 Å². The van der Waals surface area contributed by atoms with E-state index in [1.165, 1.54) is 11.1 Å². The zero-order chi connectivity index (χ0) is 10.9. The van der Waals surface area contributed by atoms with Crippen LogP contribution in [0.25, 0.3) is 0 Å². The Morgan fingerprint density at radius 1 is 0.643 bits per heavy atom. The van der Waals surface area contributed by atoms with Gasteiger partial charge < -0.3 is 10.2 Å². The minimum absolute atomic E-state index is 0.00366. The number of hydrogen-bond donors (Lipinski definition) is 2. The molecule has 0 unspecified atom stereocenters. The molecule has 2 N–H and O–H groups in total. The number of rotatable bonds is 2. The third-order valence-corrected chi connectivity index (χ3v) is 3.27. The Hall–Kier alpha value is -0.860. The van der Waals surface area contributed by atoms with Crippen LogP contribution in [-0.4, -0.2) is 10.2 Å². The molecule has 14 heavy (non-hydrogen) atoms. The molecule has 2 heteroatoms. The van der Waals surface area contributed by atoms with Crippen LogP contribution in [0.15, 0.2) is 0 Å². The van der Waals surface area contributed by atoms with Gasteiger partial charge in [-0.15, -0.1) is 0 Å². The molecule has 1 aromatic carbocycles. The van der Waals surface area contributed by atoms with E-state index < -0.39 is 0 Å². The second-order valence-corrected chi connectivity index (χ2v) is 3.77. The summed E-state index contributed by atoms with van der Waals surface area (Å²) in [6.45, 7) is 8.10. The first-order chi connectivity index (χ1) is 6.54. The molecule has 0 atom stereocenters. The molecule has 1 rings (SSSR count). The van der Waals surface area contributed by atoms with Gasteiger partial charge in [-0.1, -0.05) is 0 Å². The lowest BCUT2D eigenvalue weighted by Crippen LogP contribution is -2.05. The van der Waals surface area contributed by atoms with Crippen molar-refractivity contribution in [1.29, 1.82) is 0 Å². The molecule has 0 amide bonds. The molecule has 0 spiro atoms. The topological polar surface area (TPSA) is 40.5 Å². The van der Waals surface area contributed by atoms with Crippen LogP contribution in [0.4, 0.5) is 0 Å². The Balaban J connectivity index is 3.57. The van der Waals surface area contributed by atoms with Crippen LogP contribution in [0.1, 0.15) is 33.4 Å². The Labute approximate surface area is 85.2 Å². The van der Waals surface area contributed by atoms with Gasteiger partial charge in [-0.05, 0) is 61.1 Å². The fourth-order valence-corrected chi connectivity index (χ4v) is 1.90. The molecule has 0 radical (unpaired) electrons. The maximum Gasteiger partial charge on any atom is 0.0688 e. The molecule has 0 saturated heterocycles. The molecule has 0 bridgehead atoms. The van der Waals surface area contributed by atoms with Gasteiger partial charge in [0.05, 0.1) is 13.2 Å². The highest BCUT2D eigenvalue weighted by Gasteiger charge is 2.13. The molecule has 1 aromatic rings. The summed E-state index contributed by atoms with van der Waals surface area (Å²) < 4.78 is 0. The molecule has 0 aliphatic heterocycles. The van der Waals surface area contributed by atoms with E-state index in [2.05, 4.69) is 13.8 Å². The summed E-state index contributed by atoms with van der Waals surface area (Å²) in [4.78, 5) is 0. The fraction of sp³-hybridized carbons (Fsp3) is 0.500. The van der Waals surface area contributed by atoms with Gasteiger partial charge in [-0.25, -0.2) is 0 Å². The average Bonchev–Trinajstić information content (AvgIpc) is 2.20. The summed E-state index contributed by atoms with van der Waals surface area (Å²) in [6.07, 6.45) is 0. The SMILES string of the molecule is Cc1c(C)c(C)c(CO)c(CO)c1C. The van der Waals surface area contributed by atoms with Crippen LogP contribution in [-0.2, 0) is 13.2 Å². The van der Waals surface area contributed by atoms with Gasteiger partial charge >= 0.3 is 0 Å². The van der Waals surface area contributed by atoms with Crippen LogP contribution in [0, 0.1) is 27.7 Å². The van der Waals surface area contributed by atoms with E-state index in [0.717, 1.165) is 22.3 Å². The van der Waals surface area contributed by atoms with E-state index in [9.17, 15) is 10.2 Å². The predicted octanol–water partition coefficient (Wildman–Crippen LogP) is 1.90. The third-order valence-electron chi connectivity index (χ3n) is 3.27. The highest BCUT2D eigenvalue weighted by Crippen LogP contribution is 2.26. The maximum atomic E-state index is 9.26. The van der Waals surface area contributed by atoms with Crippen LogP contribution in [0.2, 0.25) is 0 Å². The van der Waals surface area contributed by atoms with E-state index in [1.54, 1.807) is 0 Å². The Bertz CT molecular complexity index is 319. The summed E-state index contributed by atoms with van der Waals surface area (Å²) in [7, 11) is 0. The summed E-state index contributed by atoms with van der Waals surface area (Å²) in [5.41, 5.74) is 6.38. The zero-order valence-corrected chi connectivity index (χ0v) is 9.31. The van der Waals surface area contributed by atoms with Gasteiger partial charge in [0, 0.05) is 0 Å². The summed E-state index contributed by atoms with van der Waals surface area (Å²) in [6, 6.07) is 0. The van der Waals surface area contributed by atoms with Crippen molar-refractivity contribution in [3.05, 3.63) is 33.4 Å². The highest BCUT2D eigenvalue weighted by atomic mass is 16.3. The number of aliphatic hydroxyl groups excluding tert-OH is 2. The molecular formula is C12H18O2. The molecule has 0 aliphatic rings. The number of hydrogen-bond acceptors (Lipinski definition) is 2. The first-order valence-corrected chi connectivity index (χ1v) is 4.84. The normalized spacial score (nSPS) is 10.7. The van der Waals surface area contributed by atoms with Crippen molar-refractivity contribution in [3.63, 3.8) is 0 Å². The van der Waals surface area contributed by atoms with Gasteiger partial charge in [-0.2, -0.15) is 0 Å². The molecule has 0 heterocycles. The summed E-state index contributed by atoms with van der Waals surface area (Å²) in [5, 5.41) is 18.5. The molecule has 0 aromatic heterocycles. The maximum absolute atomic E-state index is 9.26. The van der Waals surface area contributed by atoms with E-state index in [4.69, 9.17) is 0 Å². The third kappa shape index (κ3) is 1.56. The van der Waals surface area contributed by atoms with Crippen molar-refractivity contribution >= 4 is 0 Å². The second kappa shape index (κ2) is 4.11. The second-order valence-electron chi connectivity index (χ2n) is 3.77. The average molecular weight is 194 g/mol. The fourth-order valence-electron chi connectivity index (χ4n) is 1.90. The predicted molar refractivity (Wildman–Crippen MR) is 57.2 cm³/mol. The van der Waals surface area contributed by atoms with E-state index >= 15 is 0 Å². The summed E-state index contributed by atoms with van der Waals surface area (Å²) in [5.74, 6) is 0.